The van der Waals surface area contributed by atoms with Crippen molar-refractivity contribution in [1.82, 2.24) is 9.62 Å². The molecule has 0 amide bonds. The van der Waals surface area contributed by atoms with Crippen LogP contribution in [0.2, 0.25) is 0 Å². The summed E-state index contributed by atoms with van der Waals surface area (Å²) in [5.74, 6) is -0.311. The third kappa shape index (κ3) is 7.86. The van der Waals surface area contributed by atoms with Gasteiger partial charge in [0, 0.05) is 32.1 Å². The average Bonchev–Trinajstić information content (AvgIpc) is 3.36. The highest BCUT2D eigenvalue weighted by Gasteiger charge is 2.30. The van der Waals surface area contributed by atoms with Crippen molar-refractivity contribution in [2.24, 2.45) is 5.92 Å². The van der Waals surface area contributed by atoms with E-state index in [-0.39, 0.29) is 23.4 Å². The molecule has 1 aliphatic carbocycles. The molecule has 0 saturated carbocycles. The monoisotopic (exact) mass is 592 g/mol. The Morgan fingerprint density at radius 2 is 1.67 bits per heavy atom. The number of hydrogen-bond acceptors (Lipinski definition) is 5. The third-order valence-corrected chi connectivity index (χ3v) is 10.2. The van der Waals surface area contributed by atoms with Gasteiger partial charge in [-0.1, -0.05) is 61.5 Å². The second kappa shape index (κ2) is 13.5. The molecular formula is C34H44N2O5S. The molecule has 7 nitrogen and oxygen atoms in total. The SMILES string of the molecule is CCc1cc(-c2ccccc2CCC(=O)O)ccc1S(=O)(=O)N(C)C[C@H](O)CNC(C)(C)CC1Cc2ccccc2C1. The highest BCUT2D eigenvalue weighted by atomic mass is 32.2. The fourth-order valence-corrected chi connectivity index (χ4v) is 7.62. The summed E-state index contributed by atoms with van der Waals surface area (Å²) in [6.07, 6.45) is 3.17. The van der Waals surface area contributed by atoms with Gasteiger partial charge in [0.25, 0.3) is 0 Å². The van der Waals surface area contributed by atoms with Crippen LogP contribution in [0.15, 0.2) is 71.6 Å². The summed E-state index contributed by atoms with van der Waals surface area (Å²) in [6.45, 7) is 6.46. The Labute approximate surface area is 250 Å². The first-order valence-electron chi connectivity index (χ1n) is 14.8. The fraction of sp³-hybridized carbons (Fsp3) is 0.441. The summed E-state index contributed by atoms with van der Waals surface area (Å²) in [5.41, 5.74) is 5.99. The molecule has 0 heterocycles. The van der Waals surface area contributed by atoms with Gasteiger partial charge in [-0.25, -0.2) is 8.42 Å². The van der Waals surface area contributed by atoms with Crippen LogP contribution in [0.1, 0.15) is 55.9 Å². The molecule has 1 atom stereocenters. The highest BCUT2D eigenvalue weighted by molar-refractivity contribution is 7.89. The Hall–Kier alpha value is -3.04. The minimum Gasteiger partial charge on any atom is -0.481 e. The van der Waals surface area contributed by atoms with Crippen molar-refractivity contribution >= 4 is 16.0 Å². The molecule has 3 N–H and O–H groups in total. The maximum absolute atomic E-state index is 13.6. The van der Waals surface area contributed by atoms with Crippen LogP contribution in [0.5, 0.6) is 0 Å². The summed E-state index contributed by atoms with van der Waals surface area (Å²) < 4.78 is 28.4. The number of fused-ring (bicyclic) bond motifs is 1. The van der Waals surface area contributed by atoms with E-state index in [2.05, 4.69) is 43.4 Å². The van der Waals surface area contributed by atoms with Gasteiger partial charge in [0.15, 0.2) is 0 Å². The molecule has 226 valence electrons. The third-order valence-electron chi connectivity index (χ3n) is 8.28. The van der Waals surface area contributed by atoms with E-state index < -0.39 is 22.1 Å². The summed E-state index contributed by atoms with van der Waals surface area (Å²) in [5, 5.41) is 23.4. The molecule has 0 radical (unpaired) electrons. The van der Waals surface area contributed by atoms with Gasteiger partial charge in [0.1, 0.15) is 0 Å². The summed E-state index contributed by atoms with van der Waals surface area (Å²) in [4.78, 5) is 11.3. The number of aliphatic hydroxyl groups excluding tert-OH is 1. The molecule has 0 saturated heterocycles. The van der Waals surface area contributed by atoms with Gasteiger partial charge in [-0.05, 0) is 97.4 Å². The lowest BCUT2D eigenvalue weighted by molar-refractivity contribution is -0.136. The van der Waals surface area contributed by atoms with E-state index in [1.54, 1.807) is 12.1 Å². The van der Waals surface area contributed by atoms with E-state index in [4.69, 9.17) is 5.11 Å². The molecule has 0 spiro atoms. The molecule has 0 fully saturated rings. The molecule has 8 heteroatoms. The Balaban J connectivity index is 1.39. The predicted octanol–water partition coefficient (Wildman–Crippen LogP) is 5.09. The standard InChI is InChI=1S/C34H44N2O5S/c1-5-25-20-29(31-13-9-8-10-26(31)15-17-33(38)39)14-16-32(25)42(40,41)36(4)23-30(37)22-35-34(2,3)21-24-18-27-11-6-7-12-28(27)19-24/h6-14,16,20,24,30,35,37H,5,15,17-19,21-23H2,1-4H3,(H,38,39)/t30-/m1/s1. The van der Waals surface area contributed by atoms with Gasteiger partial charge >= 0.3 is 5.97 Å². The number of carboxylic acid groups (broad SMARTS) is 1. The number of benzene rings is 3. The number of aryl methyl sites for hydroxylation is 2. The maximum Gasteiger partial charge on any atom is 0.303 e. The van der Waals surface area contributed by atoms with Crippen molar-refractivity contribution in [3.8, 4) is 11.1 Å². The van der Waals surface area contributed by atoms with Crippen LogP contribution in [-0.2, 0) is 40.5 Å². The van der Waals surface area contributed by atoms with Crippen molar-refractivity contribution in [2.45, 2.75) is 75.8 Å². The van der Waals surface area contributed by atoms with Crippen LogP contribution in [-0.4, -0.2) is 60.7 Å². The smallest absolute Gasteiger partial charge is 0.303 e. The first kappa shape index (κ1) is 31.9. The molecule has 4 rings (SSSR count). The van der Waals surface area contributed by atoms with Crippen molar-refractivity contribution in [3.05, 3.63) is 89.0 Å². The molecule has 42 heavy (non-hydrogen) atoms. The van der Waals surface area contributed by atoms with Gasteiger partial charge in [-0.15, -0.1) is 0 Å². The van der Waals surface area contributed by atoms with Crippen LogP contribution in [0.3, 0.4) is 0 Å². The lowest BCUT2D eigenvalue weighted by atomic mass is 9.88. The number of carbonyl (C=O) groups is 1. The van der Waals surface area contributed by atoms with Crippen LogP contribution in [0, 0.1) is 5.92 Å². The van der Waals surface area contributed by atoms with E-state index >= 15 is 0 Å². The number of aliphatic hydroxyl groups is 1. The quantitative estimate of drug-likeness (QED) is 0.241. The molecule has 3 aromatic rings. The van der Waals surface area contributed by atoms with E-state index in [0.29, 0.717) is 30.9 Å². The average molecular weight is 593 g/mol. The van der Waals surface area contributed by atoms with Gasteiger partial charge in [0.2, 0.25) is 10.0 Å². The van der Waals surface area contributed by atoms with Crippen molar-refractivity contribution in [2.75, 3.05) is 20.1 Å². The summed E-state index contributed by atoms with van der Waals surface area (Å²) in [7, 11) is -2.33. The number of nitrogens with zero attached hydrogens (tertiary/aromatic N) is 1. The van der Waals surface area contributed by atoms with Gasteiger partial charge in [-0.3, -0.25) is 4.79 Å². The number of likely N-dealkylation sites (N-methyl/N-ethyl adjacent to an activating group) is 1. The fourth-order valence-electron chi connectivity index (χ4n) is 6.15. The predicted molar refractivity (Wildman–Crippen MR) is 167 cm³/mol. The zero-order valence-electron chi connectivity index (χ0n) is 25.1. The lowest BCUT2D eigenvalue weighted by Gasteiger charge is -2.31. The van der Waals surface area contributed by atoms with E-state index in [0.717, 1.165) is 36.0 Å². The van der Waals surface area contributed by atoms with Gasteiger partial charge < -0.3 is 15.5 Å². The highest BCUT2D eigenvalue weighted by Crippen LogP contribution is 2.32. The molecule has 1 aliphatic rings. The topological polar surface area (TPSA) is 107 Å². The first-order chi connectivity index (χ1) is 19.9. The number of rotatable bonds is 14. The van der Waals surface area contributed by atoms with Crippen molar-refractivity contribution in [3.63, 3.8) is 0 Å². The zero-order chi connectivity index (χ0) is 30.5. The summed E-state index contributed by atoms with van der Waals surface area (Å²) in [6, 6.07) is 21.5. The largest absolute Gasteiger partial charge is 0.481 e. The number of nitrogens with one attached hydrogen (secondary N) is 1. The second-order valence-electron chi connectivity index (χ2n) is 12.2. The Morgan fingerprint density at radius 3 is 2.31 bits per heavy atom. The number of sulfonamides is 1. The van der Waals surface area contributed by atoms with Crippen LogP contribution in [0.25, 0.3) is 11.1 Å². The molecule has 0 bridgehead atoms. The van der Waals surface area contributed by atoms with Crippen LogP contribution >= 0.6 is 0 Å². The van der Waals surface area contributed by atoms with E-state index in [1.165, 1.54) is 22.5 Å². The molecule has 0 aliphatic heterocycles. The maximum atomic E-state index is 13.6. The number of carboxylic acids is 1. The normalized spacial score (nSPS) is 14.7. The van der Waals surface area contributed by atoms with Gasteiger partial charge in [-0.2, -0.15) is 4.31 Å². The Kier molecular flexibility index (Phi) is 10.3. The molecular weight excluding hydrogens is 548 g/mol. The Bertz CT molecular complexity index is 1480. The number of aliphatic carboxylic acids is 1. The minimum absolute atomic E-state index is 0.0246. The van der Waals surface area contributed by atoms with Crippen molar-refractivity contribution in [1.29, 1.82) is 0 Å². The molecule has 0 aromatic heterocycles. The zero-order valence-corrected chi connectivity index (χ0v) is 26.0. The van der Waals surface area contributed by atoms with E-state index in [9.17, 15) is 18.3 Å². The minimum atomic E-state index is -3.84. The summed E-state index contributed by atoms with van der Waals surface area (Å²) >= 11 is 0. The molecule has 3 aromatic carbocycles. The first-order valence-corrected chi connectivity index (χ1v) is 16.2. The lowest BCUT2D eigenvalue weighted by Crippen LogP contribution is -2.47. The molecule has 0 unspecified atom stereocenters. The second-order valence-corrected chi connectivity index (χ2v) is 14.2. The van der Waals surface area contributed by atoms with Gasteiger partial charge in [0.05, 0.1) is 11.0 Å². The number of β-amino-alcohol motifs (C(OH)–C–C–N with tert-alkyl or cyclic N) is 1. The van der Waals surface area contributed by atoms with E-state index in [1.807, 2.05) is 37.3 Å². The van der Waals surface area contributed by atoms with Crippen LogP contribution in [0.4, 0.5) is 0 Å². The van der Waals surface area contributed by atoms with Crippen LogP contribution < -0.4 is 5.32 Å². The number of hydrogen-bond donors (Lipinski definition) is 3. The Morgan fingerprint density at radius 1 is 1.02 bits per heavy atom. The van der Waals surface area contributed by atoms with Crippen molar-refractivity contribution < 1.29 is 23.4 Å².